The number of hydrogen-bond acceptors (Lipinski definition) is 10. The first-order valence-corrected chi connectivity index (χ1v) is 13.0. The van der Waals surface area contributed by atoms with Crippen LogP contribution >= 0.6 is 30.4 Å². The molecule has 0 aliphatic carbocycles. The van der Waals surface area contributed by atoms with Crippen molar-refractivity contribution in [2.75, 3.05) is 38.2 Å². The first-order chi connectivity index (χ1) is 10.4. The summed E-state index contributed by atoms with van der Waals surface area (Å²) in [6.45, 7) is -1.28. The predicted octanol–water partition coefficient (Wildman–Crippen LogP) is -5.16. The zero-order chi connectivity index (χ0) is 19.4. The molecule has 0 aromatic carbocycles. The topological polar surface area (TPSA) is 248 Å². The van der Waals surface area contributed by atoms with Gasteiger partial charge in [0.1, 0.15) is 30.4 Å². The second-order valence-corrected chi connectivity index (χ2v) is 11.1. The minimum absolute atomic E-state index is 0. The van der Waals surface area contributed by atoms with Crippen molar-refractivity contribution in [1.82, 2.24) is 9.80 Å². The quantitative estimate of drug-likeness (QED) is 0.149. The van der Waals surface area contributed by atoms with Crippen LogP contribution in [-0.2, 0) is 18.3 Å². The fourth-order valence-electron chi connectivity index (χ4n) is 1.67. The Labute approximate surface area is 209 Å². The molecule has 0 fully saturated rings. The maximum atomic E-state index is 10.8. The summed E-state index contributed by atoms with van der Waals surface area (Å²) in [6.07, 6.45) is -4.90. The van der Waals surface area contributed by atoms with Gasteiger partial charge in [-0.3, -0.25) is 9.80 Å². The van der Waals surface area contributed by atoms with Crippen molar-refractivity contribution < 1.29 is 57.4 Å². The smallest absolute Gasteiger partial charge is 0.778 e. The van der Waals surface area contributed by atoms with Gasteiger partial charge in [-0.1, -0.05) is 0 Å². The molecule has 4 unspecified atom stereocenters. The van der Waals surface area contributed by atoms with Crippen LogP contribution in [0.5, 0.6) is 0 Å². The number of nitrogens with zero attached hydrogens (tertiary/aromatic N) is 2. The minimum atomic E-state index is -5.00. The Morgan fingerprint density at radius 2 is 0.692 bits per heavy atom. The summed E-state index contributed by atoms with van der Waals surface area (Å²) in [4.78, 5) is 79.1. The maximum Gasteiger partial charge on any atom is 2.00 e. The molecule has 0 spiro atoms. The molecule has 0 aliphatic rings. The Bertz CT molecular complexity index is 497. The van der Waals surface area contributed by atoms with Crippen LogP contribution in [0.25, 0.3) is 0 Å². The Morgan fingerprint density at radius 3 is 0.808 bits per heavy atom. The standard InChI is InChI=1S/C6H20N2O12P4.2Ca/c9-21(10,11)3-7(4-22(12,13)14)1-2-8(5-23(15,16)17)6-24(18,19)20;;/h1-6H2,(H2,9,10,11)(H2,12,13,14)(H2,15,16,17)(H2,18,19,20);;/q;2*+2/p-4. The Kier molecular flexibility index (Phi) is 17.4. The van der Waals surface area contributed by atoms with Crippen molar-refractivity contribution in [3.8, 4) is 0 Å². The van der Waals surface area contributed by atoms with Crippen LogP contribution in [0.3, 0.4) is 0 Å². The van der Waals surface area contributed by atoms with E-state index in [4.69, 9.17) is 19.6 Å². The second kappa shape index (κ2) is 13.5. The first-order valence-electron chi connectivity index (χ1n) is 5.92. The van der Waals surface area contributed by atoms with Crippen LogP contribution in [0.4, 0.5) is 0 Å². The summed E-state index contributed by atoms with van der Waals surface area (Å²) in [5.41, 5.74) is 0. The third kappa shape index (κ3) is 23.3. The summed E-state index contributed by atoms with van der Waals surface area (Å²) in [6, 6.07) is 0. The zero-order valence-corrected chi connectivity index (χ0v) is 21.4. The molecular weight excluding hydrogens is 496 g/mol. The van der Waals surface area contributed by atoms with E-state index < -0.39 is 68.6 Å². The van der Waals surface area contributed by atoms with Crippen LogP contribution < -0.4 is 19.6 Å². The molecule has 0 saturated carbocycles. The third-order valence-electron chi connectivity index (χ3n) is 2.25. The molecule has 0 saturated heterocycles. The molecule has 4 atom stereocenters. The first kappa shape index (κ1) is 33.7. The molecule has 146 valence electrons. The molecule has 0 aliphatic heterocycles. The normalized spacial score (nSPS) is 20.8. The van der Waals surface area contributed by atoms with E-state index in [1.54, 1.807) is 0 Å². The zero-order valence-electron chi connectivity index (χ0n) is 13.4. The largest absolute Gasteiger partial charge is 2.00 e. The van der Waals surface area contributed by atoms with Crippen LogP contribution in [0, 0.1) is 0 Å². The van der Waals surface area contributed by atoms with Crippen molar-refractivity contribution in [2.24, 2.45) is 0 Å². The van der Waals surface area contributed by atoms with E-state index >= 15 is 0 Å². The van der Waals surface area contributed by atoms with Gasteiger partial charge in [-0.05, 0) is 0 Å². The van der Waals surface area contributed by atoms with Crippen molar-refractivity contribution >= 4 is 106 Å². The molecule has 26 heavy (non-hydrogen) atoms. The molecule has 14 nitrogen and oxygen atoms in total. The van der Waals surface area contributed by atoms with E-state index in [0.29, 0.717) is 9.80 Å². The van der Waals surface area contributed by atoms with Crippen molar-refractivity contribution in [3.05, 3.63) is 0 Å². The van der Waals surface area contributed by atoms with E-state index in [1.165, 1.54) is 0 Å². The SMILES string of the molecule is O=P([O-])(O)CN(CCN(CP(=O)([O-])O)CP(=O)([O-])O)CP(=O)([O-])O.[Ca+2].[Ca+2]. The molecular formula is C6H16Ca2N2O12P4. The van der Waals surface area contributed by atoms with Gasteiger partial charge < -0.3 is 57.4 Å². The Balaban J connectivity index is -0.00000264. The maximum absolute atomic E-state index is 10.8. The summed E-state index contributed by atoms with van der Waals surface area (Å²) < 4.78 is 43.3. The average molecular weight is 512 g/mol. The van der Waals surface area contributed by atoms with Gasteiger partial charge in [0.05, 0.1) is 25.1 Å². The van der Waals surface area contributed by atoms with Gasteiger partial charge in [-0.25, -0.2) is 0 Å². The summed E-state index contributed by atoms with van der Waals surface area (Å²) in [7, 11) is -20.0. The fourth-order valence-corrected chi connectivity index (χ4v) is 4.97. The molecule has 0 heterocycles. The van der Waals surface area contributed by atoms with Gasteiger partial charge in [0, 0.05) is 13.1 Å². The third-order valence-corrected chi connectivity index (χ3v) is 5.28. The van der Waals surface area contributed by atoms with Crippen LogP contribution in [0.15, 0.2) is 0 Å². The van der Waals surface area contributed by atoms with Gasteiger partial charge >= 0.3 is 75.5 Å². The van der Waals surface area contributed by atoms with Gasteiger partial charge in [0.25, 0.3) is 0 Å². The van der Waals surface area contributed by atoms with Crippen LogP contribution in [-0.4, -0.2) is 143 Å². The van der Waals surface area contributed by atoms with Gasteiger partial charge in [-0.2, -0.15) is 0 Å². The van der Waals surface area contributed by atoms with Crippen LogP contribution in [0.2, 0.25) is 0 Å². The van der Waals surface area contributed by atoms with E-state index in [2.05, 4.69) is 0 Å². The van der Waals surface area contributed by atoms with Crippen molar-refractivity contribution in [2.45, 2.75) is 0 Å². The van der Waals surface area contributed by atoms with Gasteiger partial charge in [0.15, 0.2) is 0 Å². The number of rotatable bonds is 11. The molecule has 0 bridgehead atoms. The second-order valence-electron chi connectivity index (χ2n) is 4.90. The molecule has 4 N–H and O–H groups in total. The van der Waals surface area contributed by atoms with E-state index in [0.717, 1.165) is 0 Å². The van der Waals surface area contributed by atoms with E-state index in [-0.39, 0.29) is 75.5 Å². The minimum Gasteiger partial charge on any atom is -0.778 e. The monoisotopic (exact) mass is 512 g/mol. The Morgan fingerprint density at radius 1 is 0.538 bits per heavy atom. The Hall–Kier alpha value is 3.04. The van der Waals surface area contributed by atoms with Crippen molar-refractivity contribution in [1.29, 1.82) is 0 Å². The summed E-state index contributed by atoms with van der Waals surface area (Å²) in [5.74, 6) is 0. The van der Waals surface area contributed by atoms with E-state index in [9.17, 15) is 37.8 Å². The molecule has 0 aromatic rings. The van der Waals surface area contributed by atoms with Gasteiger partial charge in [0.2, 0.25) is 0 Å². The summed E-state index contributed by atoms with van der Waals surface area (Å²) in [5, 5.41) is 0. The number of hydrogen-bond donors (Lipinski definition) is 4. The molecule has 0 radical (unpaired) electrons. The molecule has 0 amide bonds. The summed E-state index contributed by atoms with van der Waals surface area (Å²) >= 11 is 0. The molecule has 0 rings (SSSR count). The molecule has 0 aromatic heterocycles. The molecule has 20 heteroatoms. The van der Waals surface area contributed by atoms with Crippen LogP contribution in [0.1, 0.15) is 0 Å². The fraction of sp³-hybridized carbons (Fsp3) is 1.00. The predicted molar refractivity (Wildman–Crippen MR) is 83.7 cm³/mol. The van der Waals surface area contributed by atoms with E-state index in [1.807, 2.05) is 0 Å². The van der Waals surface area contributed by atoms with Gasteiger partial charge in [-0.15, -0.1) is 0 Å². The van der Waals surface area contributed by atoms with Crippen molar-refractivity contribution in [3.63, 3.8) is 0 Å². The average Bonchev–Trinajstić information content (AvgIpc) is 2.16.